The van der Waals surface area contributed by atoms with Crippen LogP contribution in [0.1, 0.15) is 44.7 Å². The third kappa shape index (κ3) is 4.27. The van der Waals surface area contributed by atoms with Gasteiger partial charge in [0, 0.05) is 6.04 Å². The van der Waals surface area contributed by atoms with Crippen LogP contribution in [0.25, 0.3) is 0 Å². The Hall–Kier alpha value is -0.970. The van der Waals surface area contributed by atoms with Crippen LogP contribution in [0.5, 0.6) is 11.5 Å². The molecule has 5 heteroatoms. The van der Waals surface area contributed by atoms with Crippen molar-refractivity contribution < 1.29 is 9.47 Å². The number of nitrogens with two attached hydrogens (primary N) is 1. The summed E-state index contributed by atoms with van der Waals surface area (Å²) in [6, 6.07) is 3.86. The highest BCUT2D eigenvalue weighted by molar-refractivity contribution is 6.32. The average molecular weight is 301 g/mol. The molecule has 0 aliphatic rings. The van der Waals surface area contributed by atoms with Crippen LogP contribution in [-0.2, 0) is 0 Å². The Kier molecular flexibility index (Phi) is 7.13. The standard InChI is InChI=1S/C15H25ClN2O2/c1-5-6-10(2)7-13(18-17)11-8-12(16)15(20-4)14(9-11)19-3/h8-10,13,18H,5-7,17H2,1-4H3. The van der Waals surface area contributed by atoms with Crippen molar-refractivity contribution >= 4 is 11.6 Å². The number of halogens is 1. The lowest BCUT2D eigenvalue weighted by Crippen LogP contribution is -2.29. The van der Waals surface area contributed by atoms with Gasteiger partial charge in [0.15, 0.2) is 11.5 Å². The summed E-state index contributed by atoms with van der Waals surface area (Å²) in [6.45, 7) is 4.42. The summed E-state index contributed by atoms with van der Waals surface area (Å²) in [5.41, 5.74) is 3.88. The van der Waals surface area contributed by atoms with Crippen molar-refractivity contribution in [1.29, 1.82) is 0 Å². The lowest BCUT2D eigenvalue weighted by Gasteiger charge is -2.22. The van der Waals surface area contributed by atoms with Crippen LogP contribution in [0.4, 0.5) is 0 Å². The molecule has 0 saturated carbocycles. The number of rotatable bonds is 8. The van der Waals surface area contributed by atoms with Crippen molar-refractivity contribution in [2.45, 2.75) is 39.2 Å². The van der Waals surface area contributed by atoms with Crippen LogP contribution in [0.2, 0.25) is 5.02 Å². The number of hydrazine groups is 1. The van der Waals surface area contributed by atoms with Crippen LogP contribution >= 0.6 is 11.6 Å². The van der Waals surface area contributed by atoms with Gasteiger partial charge in [-0.05, 0) is 30.0 Å². The molecule has 114 valence electrons. The van der Waals surface area contributed by atoms with E-state index in [0.717, 1.165) is 12.0 Å². The predicted molar refractivity (Wildman–Crippen MR) is 83.3 cm³/mol. The first-order valence-corrected chi connectivity index (χ1v) is 7.32. The van der Waals surface area contributed by atoms with Crippen molar-refractivity contribution in [3.8, 4) is 11.5 Å². The molecule has 0 radical (unpaired) electrons. The van der Waals surface area contributed by atoms with E-state index in [4.69, 9.17) is 26.9 Å². The van der Waals surface area contributed by atoms with Crippen molar-refractivity contribution in [1.82, 2.24) is 5.43 Å². The fourth-order valence-corrected chi connectivity index (χ4v) is 2.75. The highest BCUT2D eigenvalue weighted by Crippen LogP contribution is 2.38. The zero-order valence-electron chi connectivity index (χ0n) is 12.7. The molecule has 1 aromatic carbocycles. The van der Waals surface area contributed by atoms with Gasteiger partial charge in [0.05, 0.1) is 19.2 Å². The van der Waals surface area contributed by atoms with Crippen LogP contribution in [0.15, 0.2) is 12.1 Å². The molecule has 0 aliphatic carbocycles. The molecule has 0 amide bonds. The molecule has 0 saturated heterocycles. The van der Waals surface area contributed by atoms with E-state index in [9.17, 15) is 0 Å². The first-order chi connectivity index (χ1) is 9.57. The normalized spacial score (nSPS) is 13.9. The maximum absolute atomic E-state index is 6.24. The number of hydrogen-bond donors (Lipinski definition) is 2. The van der Waals surface area contributed by atoms with E-state index in [1.807, 2.05) is 12.1 Å². The van der Waals surface area contributed by atoms with Crippen LogP contribution in [0.3, 0.4) is 0 Å². The smallest absolute Gasteiger partial charge is 0.179 e. The molecule has 4 nitrogen and oxygen atoms in total. The second kappa shape index (κ2) is 8.35. The molecule has 1 aromatic rings. The maximum atomic E-state index is 6.24. The zero-order chi connectivity index (χ0) is 15.1. The van der Waals surface area contributed by atoms with E-state index in [1.165, 1.54) is 12.8 Å². The Morgan fingerprint density at radius 1 is 1.30 bits per heavy atom. The Labute approximate surface area is 126 Å². The Balaban J connectivity index is 3.00. The molecule has 0 aromatic heterocycles. The fraction of sp³-hybridized carbons (Fsp3) is 0.600. The highest BCUT2D eigenvalue weighted by atomic mass is 35.5. The average Bonchev–Trinajstić information content (AvgIpc) is 2.44. The lowest BCUT2D eigenvalue weighted by molar-refractivity contribution is 0.352. The van der Waals surface area contributed by atoms with Gasteiger partial charge in [0.2, 0.25) is 0 Å². The minimum Gasteiger partial charge on any atom is -0.493 e. The van der Waals surface area contributed by atoms with Gasteiger partial charge in [-0.1, -0.05) is 38.3 Å². The molecule has 2 atom stereocenters. The van der Waals surface area contributed by atoms with Crippen LogP contribution in [0, 0.1) is 5.92 Å². The SMILES string of the molecule is CCCC(C)CC(NN)c1cc(Cl)c(OC)c(OC)c1. The van der Waals surface area contributed by atoms with Crippen LogP contribution < -0.4 is 20.7 Å². The lowest BCUT2D eigenvalue weighted by atomic mass is 9.93. The topological polar surface area (TPSA) is 56.5 Å². The van der Waals surface area contributed by atoms with Crippen molar-refractivity contribution in [3.05, 3.63) is 22.7 Å². The van der Waals surface area contributed by atoms with Gasteiger partial charge in [-0.3, -0.25) is 11.3 Å². The largest absolute Gasteiger partial charge is 0.493 e. The third-order valence-corrected chi connectivity index (χ3v) is 3.76. The van der Waals surface area contributed by atoms with E-state index >= 15 is 0 Å². The van der Waals surface area contributed by atoms with Gasteiger partial charge < -0.3 is 9.47 Å². The van der Waals surface area contributed by atoms with Gasteiger partial charge in [0.25, 0.3) is 0 Å². The van der Waals surface area contributed by atoms with E-state index in [2.05, 4.69) is 19.3 Å². The Morgan fingerprint density at radius 2 is 2.00 bits per heavy atom. The number of benzene rings is 1. The van der Waals surface area contributed by atoms with Gasteiger partial charge >= 0.3 is 0 Å². The quantitative estimate of drug-likeness (QED) is 0.568. The molecule has 0 bridgehead atoms. The van der Waals surface area contributed by atoms with Gasteiger partial charge in [-0.15, -0.1) is 0 Å². The number of nitrogens with one attached hydrogen (secondary N) is 1. The molecule has 2 unspecified atom stereocenters. The molecule has 0 fully saturated rings. The van der Waals surface area contributed by atoms with Gasteiger partial charge in [0.1, 0.15) is 0 Å². The van der Waals surface area contributed by atoms with Crippen LogP contribution in [-0.4, -0.2) is 14.2 Å². The molecular weight excluding hydrogens is 276 g/mol. The summed E-state index contributed by atoms with van der Waals surface area (Å²) in [7, 11) is 3.17. The highest BCUT2D eigenvalue weighted by Gasteiger charge is 2.18. The summed E-state index contributed by atoms with van der Waals surface area (Å²) in [5, 5.41) is 0.533. The second-order valence-electron chi connectivity index (χ2n) is 5.09. The molecular formula is C15H25ClN2O2. The minimum absolute atomic E-state index is 0.0499. The fourth-order valence-electron chi connectivity index (χ4n) is 2.45. The van der Waals surface area contributed by atoms with Crippen molar-refractivity contribution in [2.24, 2.45) is 11.8 Å². The first-order valence-electron chi connectivity index (χ1n) is 6.94. The number of hydrogen-bond acceptors (Lipinski definition) is 4. The van der Waals surface area contributed by atoms with Gasteiger partial charge in [-0.25, -0.2) is 0 Å². The molecule has 0 heterocycles. The van der Waals surface area contributed by atoms with Crippen molar-refractivity contribution in [2.75, 3.05) is 14.2 Å². The molecule has 20 heavy (non-hydrogen) atoms. The molecule has 1 rings (SSSR count). The maximum Gasteiger partial charge on any atom is 0.179 e. The summed E-state index contributed by atoms with van der Waals surface area (Å²) in [5.74, 6) is 7.46. The number of methoxy groups -OCH3 is 2. The first kappa shape index (κ1) is 17.1. The Morgan fingerprint density at radius 3 is 2.50 bits per heavy atom. The third-order valence-electron chi connectivity index (χ3n) is 3.48. The van der Waals surface area contributed by atoms with Gasteiger partial charge in [-0.2, -0.15) is 0 Å². The van der Waals surface area contributed by atoms with E-state index < -0.39 is 0 Å². The van der Waals surface area contributed by atoms with E-state index in [0.29, 0.717) is 22.4 Å². The monoisotopic (exact) mass is 300 g/mol. The molecule has 0 aliphatic heterocycles. The molecule has 0 spiro atoms. The predicted octanol–water partition coefficient (Wildman–Crippen LogP) is 3.69. The zero-order valence-corrected chi connectivity index (χ0v) is 13.5. The summed E-state index contributed by atoms with van der Waals surface area (Å²) < 4.78 is 10.6. The Bertz CT molecular complexity index is 427. The summed E-state index contributed by atoms with van der Waals surface area (Å²) in [6.07, 6.45) is 3.31. The second-order valence-corrected chi connectivity index (χ2v) is 5.49. The van der Waals surface area contributed by atoms with Crippen molar-refractivity contribution in [3.63, 3.8) is 0 Å². The summed E-state index contributed by atoms with van der Waals surface area (Å²) in [4.78, 5) is 0. The number of ether oxygens (including phenoxy) is 2. The summed E-state index contributed by atoms with van der Waals surface area (Å²) >= 11 is 6.24. The minimum atomic E-state index is 0.0499. The van der Waals surface area contributed by atoms with E-state index in [1.54, 1.807) is 14.2 Å². The van der Waals surface area contributed by atoms with E-state index in [-0.39, 0.29) is 6.04 Å². The molecule has 3 N–H and O–H groups in total.